The molecule has 1 fully saturated rings. The molecule has 1 aromatic carbocycles. The van der Waals surface area contributed by atoms with Crippen molar-refractivity contribution in [3.8, 4) is 0 Å². The highest BCUT2D eigenvalue weighted by Gasteiger charge is 2.17. The lowest BCUT2D eigenvalue weighted by atomic mass is 10.1. The van der Waals surface area contributed by atoms with Crippen LogP contribution in [0.2, 0.25) is 0 Å². The molecule has 0 spiro atoms. The zero-order chi connectivity index (χ0) is 11.5. The van der Waals surface area contributed by atoms with Gasteiger partial charge in [0.1, 0.15) is 0 Å². The van der Waals surface area contributed by atoms with Crippen LogP contribution in [0.15, 0.2) is 18.2 Å². The van der Waals surface area contributed by atoms with Gasteiger partial charge in [-0.1, -0.05) is 6.07 Å². The molecule has 0 aliphatic carbocycles. The molecule has 1 heterocycles. The molecule has 0 bridgehead atoms. The van der Waals surface area contributed by atoms with Crippen molar-refractivity contribution in [3.05, 3.63) is 29.3 Å². The maximum atomic E-state index is 11.9. The van der Waals surface area contributed by atoms with E-state index in [1.54, 1.807) is 0 Å². The molecule has 1 N–H and O–H groups in total. The van der Waals surface area contributed by atoms with Crippen molar-refractivity contribution in [2.45, 2.75) is 20.3 Å². The molecule has 0 saturated carbocycles. The molecule has 0 atom stereocenters. The highest BCUT2D eigenvalue weighted by Crippen LogP contribution is 2.19. The summed E-state index contributed by atoms with van der Waals surface area (Å²) in [6, 6.07) is 6.21. The highest BCUT2D eigenvalue weighted by atomic mass is 16.2. The Balaban J connectivity index is 2.27. The summed E-state index contributed by atoms with van der Waals surface area (Å²) in [7, 11) is 0. The second kappa shape index (κ2) is 4.66. The number of carbonyl (C=O) groups is 1. The summed E-state index contributed by atoms with van der Waals surface area (Å²) >= 11 is 0. The summed E-state index contributed by atoms with van der Waals surface area (Å²) in [5.74, 6) is 0.167. The second-order valence-corrected chi connectivity index (χ2v) is 4.34. The second-order valence-electron chi connectivity index (χ2n) is 4.34. The SMILES string of the molecule is Cc1ccc(N2CCCNCC2=O)cc1C. The van der Waals surface area contributed by atoms with Crippen LogP contribution in [-0.2, 0) is 4.79 Å². The molecule has 3 heteroatoms. The van der Waals surface area contributed by atoms with E-state index in [1.807, 2.05) is 11.0 Å². The molecule has 0 radical (unpaired) electrons. The Kier molecular flexibility index (Phi) is 3.25. The molecule has 3 nitrogen and oxygen atoms in total. The van der Waals surface area contributed by atoms with E-state index >= 15 is 0 Å². The molecule has 1 aromatic rings. The maximum absolute atomic E-state index is 11.9. The number of anilines is 1. The first-order valence-electron chi connectivity index (χ1n) is 5.77. The predicted molar refractivity (Wildman–Crippen MR) is 65.8 cm³/mol. The Morgan fingerprint density at radius 2 is 2.06 bits per heavy atom. The molecular formula is C13H18N2O. The van der Waals surface area contributed by atoms with Crippen molar-refractivity contribution >= 4 is 11.6 Å². The number of amides is 1. The first kappa shape index (κ1) is 11.1. The van der Waals surface area contributed by atoms with Crippen LogP contribution >= 0.6 is 0 Å². The molecular weight excluding hydrogens is 200 g/mol. The van der Waals surface area contributed by atoms with E-state index in [2.05, 4.69) is 31.3 Å². The van der Waals surface area contributed by atoms with Crippen molar-refractivity contribution in [1.82, 2.24) is 5.32 Å². The first-order valence-corrected chi connectivity index (χ1v) is 5.77. The fourth-order valence-corrected chi connectivity index (χ4v) is 1.94. The van der Waals surface area contributed by atoms with Gasteiger partial charge in [0, 0.05) is 12.2 Å². The van der Waals surface area contributed by atoms with Crippen LogP contribution in [0.5, 0.6) is 0 Å². The number of nitrogens with zero attached hydrogens (tertiary/aromatic N) is 1. The lowest BCUT2D eigenvalue weighted by Crippen LogP contribution is -2.34. The Bertz CT molecular complexity index is 401. The fraction of sp³-hybridized carbons (Fsp3) is 0.462. The lowest BCUT2D eigenvalue weighted by molar-refractivity contribution is -0.117. The fourth-order valence-electron chi connectivity index (χ4n) is 1.94. The largest absolute Gasteiger partial charge is 0.311 e. The lowest BCUT2D eigenvalue weighted by Gasteiger charge is -2.21. The third-order valence-corrected chi connectivity index (χ3v) is 3.11. The molecule has 86 valence electrons. The molecule has 0 unspecified atom stereocenters. The number of aryl methyl sites for hydroxylation is 2. The number of rotatable bonds is 1. The van der Waals surface area contributed by atoms with Gasteiger partial charge in [-0.15, -0.1) is 0 Å². The number of benzene rings is 1. The van der Waals surface area contributed by atoms with Crippen LogP contribution in [-0.4, -0.2) is 25.5 Å². The van der Waals surface area contributed by atoms with E-state index in [1.165, 1.54) is 11.1 Å². The van der Waals surface area contributed by atoms with Crippen LogP contribution in [0, 0.1) is 13.8 Å². The Labute approximate surface area is 96.5 Å². The van der Waals surface area contributed by atoms with E-state index in [0.29, 0.717) is 6.54 Å². The van der Waals surface area contributed by atoms with Crippen LogP contribution < -0.4 is 10.2 Å². The van der Waals surface area contributed by atoms with E-state index in [-0.39, 0.29) is 5.91 Å². The number of hydrogen-bond acceptors (Lipinski definition) is 2. The molecule has 1 saturated heterocycles. The normalized spacial score (nSPS) is 17.4. The average Bonchev–Trinajstić information content (AvgIpc) is 2.47. The molecule has 16 heavy (non-hydrogen) atoms. The third-order valence-electron chi connectivity index (χ3n) is 3.11. The van der Waals surface area contributed by atoms with Gasteiger partial charge in [-0.05, 0) is 50.1 Å². The smallest absolute Gasteiger partial charge is 0.240 e. The van der Waals surface area contributed by atoms with Gasteiger partial charge in [-0.2, -0.15) is 0 Å². The van der Waals surface area contributed by atoms with Gasteiger partial charge in [-0.25, -0.2) is 0 Å². The number of nitrogens with one attached hydrogen (secondary N) is 1. The Morgan fingerprint density at radius 1 is 1.25 bits per heavy atom. The summed E-state index contributed by atoms with van der Waals surface area (Å²) in [4.78, 5) is 13.8. The van der Waals surface area contributed by atoms with Crippen molar-refractivity contribution in [2.75, 3.05) is 24.5 Å². The highest BCUT2D eigenvalue weighted by molar-refractivity contribution is 5.95. The monoisotopic (exact) mass is 218 g/mol. The molecule has 1 amide bonds. The summed E-state index contributed by atoms with van der Waals surface area (Å²) in [6.45, 7) is 6.36. The minimum atomic E-state index is 0.167. The van der Waals surface area contributed by atoms with Crippen LogP contribution in [0.1, 0.15) is 17.5 Å². The molecule has 2 rings (SSSR count). The van der Waals surface area contributed by atoms with Gasteiger partial charge in [0.15, 0.2) is 0 Å². The molecule has 1 aliphatic heterocycles. The van der Waals surface area contributed by atoms with Gasteiger partial charge in [0.2, 0.25) is 5.91 Å². The van der Waals surface area contributed by atoms with Crippen molar-refractivity contribution in [3.63, 3.8) is 0 Å². The average molecular weight is 218 g/mol. The van der Waals surface area contributed by atoms with Crippen LogP contribution in [0.4, 0.5) is 5.69 Å². The topological polar surface area (TPSA) is 32.3 Å². The number of hydrogen-bond donors (Lipinski definition) is 1. The minimum absolute atomic E-state index is 0.167. The Hall–Kier alpha value is -1.35. The van der Waals surface area contributed by atoms with Crippen LogP contribution in [0.3, 0.4) is 0 Å². The molecule has 0 aromatic heterocycles. The summed E-state index contributed by atoms with van der Waals surface area (Å²) in [5.41, 5.74) is 3.53. The van der Waals surface area contributed by atoms with E-state index in [0.717, 1.165) is 25.2 Å². The summed E-state index contributed by atoms with van der Waals surface area (Å²) in [6.07, 6.45) is 1.01. The van der Waals surface area contributed by atoms with Crippen LogP contribution in [0.25, 0.3) is 0 Å². The van der Waals surface area contributed by atoms with E-state index in [4.69, 9.17) is 0 Å². The van der Waals surface area contributed by atoms with Crippen molar-refractivity contribution in [2.24, 2.45) is 0 Å². The van der Waals surface area contributed by atoms with Crippen molar-refractivity contribution in [1.29, 1.82) is 0 Å². The van der Waals surface area contributed by atoms with Gasteiger partial charge in [-0.3, -0.25) is 4.79 Å². The number of carbonyl (C=O) groups excluding carboxylic acids is 1. The third kappa shape index (κ3) is 2.25. The van der Waals surface area contributed by atoms with Gasteiger partial charge in [0.05, 0.1) is 6.54 Å². The van der Waals surface area contributed by atoms with Gasteiger partial charge >= 0.3 is 0 Å². The quantitative estimate of drug-likeness (QED) is 0.777. The minimum Gasteiger partial charge on any atom is -0.311 e. The maximum Gasteiger partial charge on any atom is 0.240 e. The van der Waals surface area contributed by atoms with Crippen molar-refractivity contribution < 1.29 is 4.79 Å². The zero-order valence-electron chi connectivity index (χ0n) is 9.92. The van der Waals surface area contributed by atoms with Gasteiger partial charge in [0.25, 0.3) is 0 Å². The van der Waals surface area contributed by atoms with E-state index in [9.17, 15) is 4.79 Å². The molecule has 1 aliphatic rings. The van der Waals surface area contributed by atoms with Gasteiger partial charge < -0.3 is 10.2 Å². The predicted octanol–water partition coefficient (Wildman–Crippen LogP) is 1.63. The van der Waals surface area contributed by atoms with E-state index < -0.39 is 0 Å². The Morgan fingerprint density at radius 3 is 2.81 bits per heavy atom. The summed E-state index contributed by atoms with van der Waals surface area (Å²) in [5, 5.41) is 3.13. The summed E-state index contributed by atoms with van der Waals surface area (Å²) < 4.78 is 0. The standard InChI is InChI=1S/C13H18N2O/c1-10-4-5-12(8-11(10)2)15-7-3-6-14-9-13(15)16/h4-5,8,14H,3,6-7,9H2,1-2H3. The zero-order valence-corrected chi connectivity index (χ0v) is 9.92. The first-order chi connectivity index (χ1) is 7.68.